The van der Waals surface area contributed by atoms with Crippen LogP contribution in [-0.2, 0) is 17.8 Å². The summed E-state index contributed by atoms with van der Waals surface area (Å²) in [6, 6.07) is 8.49. The summed E-state index contributed by atoms with van der Waals surface area (Å²) in [5.74, 6) is 0. The molecule has 1 aromatic rings. The number of rotatable bonds is 0. The molecule has 1 heterocycles. The molecule has 0 radical (unpaired) electrons. The number of ether oxygens (including phenoxy) is 1. The van der Waals surface area contributed by atoms with Crippen molar-refractivity contribution in [2.75, 3.05) is 0 Å². The van der Waals surface area contributed by atoms with E-state index in [4.69, 9.17) is 4.74 Å². The lowest BCUT2D eigenvalue weighted by atomic mass is 10.0. The first-order chi connectivity index (χ1) is 5.36. The van der Waals surface area contributed by atoms with Gasteiger partial charge in [-0.3, -0.25) is 0 Å². The van der Waals surface area contributed by atoms with E-state index in [2.05, 4.69) is 31.2 Å². The van der Waals surface area contributed by atoms with Gasteiger partial charge in [-0.25, -0.2) is 0 Å². The Hall–Kier alpha value is -0.820. The Morgan fingerprint density at radius 2 is 2.00 bits per heavy atom. The van der Waals surface area contributed by atoms with Gasteiger partial charge in [-0.05, 0) is 24.5 Å². The van der Waals surface area contributed by atoms with Crippen LogP contribution < -0.4 is 0 Å². The molecule has 0 unspecified atom stereocenters. The third kappa shape index (κ3) is 1.29. The van der Waals surface area contributed by atoms with Crippen LogP contribution >= 0.6 is 0 Å². The van der Waals surface area contributed by atoms with Crippen LogP contribution in [0.2, 0.25) is 0 Å². The van der Waals surface area contributed by atoms with Crippen LogP contribution in [0, 0.1) is 0 Å². The molecule has 0 spiro atoms. The molecule has 1 nitrogen and oxygen atoms in total. The third-order valence-electron chi connectivity index (χ3n) is 2.15. The molecular formula is C10H12O. The fraction of sp³-hybridized carbons (Fsp3) is 0.400. The molecule has 1 atom stereocenters. The van der Waals surface area contributed by atoms with E-state index in [1.165, 1.54) is 11.1 Å². The zero-order chi connectivity index (χ0) is 7.68. The van der Waals surface area contributed by atoms with Crippen molar-refractivity contribution in [2.45, 2.75) is 26.1 Å². The van der Waals surface area contributed by atoms with E-state index in [0.717, 1.165) is 13.0 Å². The predicted octanol–water partition coefficient (Wildman–Crippen LogP) is 2.15. The van der Waals surface area contributed by atoms with Gasteiger partial charge >= 0.3 is 0 Å². The van der Waals surface area contributed by atoms with Crippen LogP contribution in [0.1, 0.15) is 18.1 Å². The van der Waals surface area contributed by atoms with Crippen LogP contribution in [0.5, 0.6) is 0 Å². The summed E-state index contributed by atoms with van der Waals surface area (Å²) in [5, 5.41) is 0. The maximum atomic E-state index is 5.50. The third-order valence-corrected chi connectivity index (χ3v) is 2.15. The van der Waals surface area contributed by atoms with E-state index in [9.17, 15) is 0 Å². The van der Waals surface area contributed by atoms with Crippen LogP contribution in [0.4, 0.5) is 0 Å². The normalized spacial score (nSPS) is 22.8. The molecule has 1 aliphatic heterocycles. The van der Waals surface area contributed by atoms with Gasteiger partial charge in [-0.15, -0.1) is 0 Å². The minimum atomic E-state index is 0.393. The topological polar surface area (TPSA) is 9.23 Å². The Bertz CT molecular complexity index is 255. The van der Waals surface area contributed by atoms with Crippen molar-refractivity contribution in [3.05, 3.63) is 35.4 Å². The van der Waals surface area contributed by atoms with Gasteiger partial charge in [-0.2, -0.15) is 0 Å². The van der Waals surface area contributed by atoms with Gasteiger partial charge in [0.2, 0.25) is 0 Å². The second-order valence-electron chi connectivity index (χ2n) is 3.09. The van der Waals surface area contributed by atoms with Crippen LogP contribution in [0.15, 0.2) is 24.3 Å². The van der Waals surface area contributed by atoms with Crippen molar-refractivity contribution in [1.82, 2.24) is 0 Å². The van der Waals surface area contributed by atoms with Crippen molar-refractivity contribution in [3.63, 3.8) is 0 Å². The highest BCUT2D eigenvalue weighted by molar-refractivity contribution is 5.28. The summed E-state index contributed by atoms with van der Waals surface area (Å²) < 4.78 is 5.50. The first-order valence-corrected chi connectivity index (χ1v) is 4.04. The second-order valence-corrected chi connectivity index (χ2v) is 3.09. The fourth-order valence-corrected chi connectivity index (χ4v) is 1.50. The van der Waals surface area contributed by atoms with Gasteiger partial charge < -0.3 is 4.74 Å². The summed E-state index contributed by atoms with van der Waals surface area (Å²) >= 11 is 0. The smallest absolute Gasteiger partial charge is 0.0723 e. The number of fused-ring (bicyclic) bond motifs is 1. The molecule has 0 amide bonds. The van der Waals surface area contributed by atoms with Crippen LogP contribution in [0.25, 0.3) is 0 Å². The van der Waals surface area contributed by atoms with Gasteiger partial charge in [0.05, 0.1) is 12.7 Å². The first kappa shape index (κ1) is 6.86. The Morgan fingerprint density at radius 1 is 1.27 bits per heavy atom. The molecule has 11 heavy (non-hydrogen) atoms. The molecule has 0 aromatic heterocycles. The number of hydrogen-bond donors (Lipinski definition) is 0. The van der Waals surface area contributed by atoms with E-state index in [1.807, 2.05) is 0 Å². The number of benzene rings is 1. The Labute approximate surface area is 67.0 Å². The molecule has 0 N–H and O–H groups in total. The van der Waals surface area contributed by atoms with Gasteiger partial charge in [-0.1, -0.05) is 24.3 Å². The largest absolute Gasteiger partial charge is 0.373 e. The predicted molar refractivity (Wildman–Crippen MR) is 44.4 cm³/mol. The summed E-state index contributed by atoms with van der Waals surface area (Å²) in [6.45, 7) is 2.91. The van der Waals surface area contributed by atoms with Crippen LogP contribution in [-0.4, -0.2) is 6.10 Å². The number of hydrogen-bond acceptors (Lipinski definition) is 1. The summed E-state index contributed by atoms with van der Waals surface area (Å²) in [6.07, 6.45) is 1.46. The molecule has 1 aliphatic rings. The zero-order valence-corrected chi connectivity index (χ0v) is 6.71. The van der Waals surface area contributed by atoms with Crippen LogP contribution in [0.3, 0.4) is 0 Å². The van der Waals surface area contributed by atoms with E-state index >= 15 is 0 Å². The van der Waals surface area contributed by atoms with Crippen molar-refractivity contribution < 1.29 is 4.74 Å². The maximum absolute atomic E-state index is 5.50. The van der Waals surface area contributed by atoms with Crippen molar-refractivity contribution >= 4 is 0 Å². The molecule has 0 aliphatic carbocycles. The fourth-order valence-electron chi connectivity index (χ4n) is 1.50. The molecule has 2 rings (SSSR count). The minimum absolute atomic E-state index is 0.393. The molecule has 0 bridgehead atoms. The lowest BCUT2D eigenvalue weighted by molar-refractivity contribution is 0.0410. The second kappa shape index (κ2) is 2.67. The van der Waals surface area contributed by atoms with Gasteiger partial charge in [0.1, 0.15) is 0 Å². The van der Waals surface area contributed by atoms with Gasteiger partial charge in [0.25, 0.3) is 0 Å². The average Bonchev–Trinajstić information content (AvgIpc) is 2.04. The maximum Gasteiger partial charge on any atom is 0.0723 e. The highest BCUT2D eigenvalue weighted by atomic mass is 16.5. The summed E-state index contributed by atoms with van der Waals surface area (Å²) in [4.78, 5) is 0. The molecular weight excluding hydrogens is 136 g/mol. The quantitative estimate of drug-likeness (QED) is 0.547. The molecule has 0 saturated heterocycles. The minimum Gasteiger partial charge on any atom is -0.373 e. The van der Waals surface area contributed by atoms with E-state index in [1.54, 1.807) is 0 Å². The lowest BCUT2D eigenvalue weighted by Crippen LogP contribution is -2.18. The van der Waals surface area contributed by atoms with Gasteiger partial charge in [0, 0.05) is 0 Å². The average molecular weight is 148 g/mol. The molecule has 0 saturated carbocycles. The van der Waals surface area contributed by atoms with Crippen molar-refractivity contribution in [1.29, 1.82) is 0 Å². The molecule has 0 fully saturated rings. The summed E-state index contributed by atoms with van der Waals surface area (Å²) in [7, 11) is 0. The Morgan fingerprint density at radius 3 is 2.82 bits per heavy atom. The SMILES string of the molecule is C[C@@H]1Cc2ccccc2CO1. The molecule has 1 aromatic carbocycles. The monoisotopic (exact) mass is 148 g/mol. The molecule has 58 valence electrons. The van der Waals surface area contributed by atoms with Gasteiger partial charge in [0.15, 0.2) is 0 Å². The highest BCUT2D eigenvalue weighted by Crippen LogP contribution is 2.19. The summed E-state index contributed by atoms with van der Waals surface area (Å²) in [5.41, 5.74) is 2.80. The van der Waals surface area contributed by atoms with E-state index in [0.29, 0.717) is 6.10 Å². The van der Waals surface area contributed by atoms with E-state index < -0.39 is 0 Å². The van der Waals surface area contributed by atoms with Crippen molar-refractivity contribution in [3.8, 4) is 0 Å². The first-order valence-electron chi connectivity index (χ1n) is 4.04. The Kier molecular flexibility index (Phi) is 1.66. The molecule has 1 heteroatoms. The Balaban J connectivity index is 2.34. The van der Waals surface area contributed by atoms with E-state index in [-0.39, 0.29) is 0 Å². The van der Waals surface area contributed by atoms with Crippen molar-refractivity contribution in [2.24, 2.45) is 0 Å². The lowest BCUT2D eigenvalue weighted by Gasteiger charge is -2.21. The standard InChI is InChI=1S/C10H12O/c1-8-6-9-4-2-3-5-10(9)7-11-8/h2-5,8H,6-7H2,1H3/t8-/m1/s1. The highest BCUT2D eigenvalue weighted by Gasteiger charge is 2.13. The zero-order valence-electron chi connectivity index (χ0n) is 6.71.